The van der Waals surface area contributed by atoms with Crippen LogP contribution in [0.5, 0.6) is 0 Å². The fourth-order valence-corrected chi connectivity index (χ4v) is 1.28. The lowest BCUT2D eigenvalue weighted by atomic mass is 10.2. The number of carboxylic acids is 1. The number of rotatable bonds is 10. The lowest BCUT2D eigenvalue weighted by Crippen LogP contribution is -2.46. The highest BCUT2D eigenvalue weighted by molar-refractivity contribution is 5.82. The van der Waals surface area contributed by atoms with Crippen molar-refractivity contribution < 1.29 is 24.2 Å². The summed E-state index contributed by atoms with van der Waals surface area (Å²) in [6.07, 6.45) is 1.88. The van der Waals surface area contributed by atoms with Crippen molar-refractivity contribution in [3.8, 4) is 0 Å². The van der Waals surface area contributed by atoms with E-state index in [0.717, 1.165) is 12.8 Å². The lowest BCUT2D eigenvalue weighted by Gasteiger charge is -2.14. The Morgan fingerprint density at radius 3 is 2.39 bits per heavy atom. The standard InChI is InChI=1S/C11H22N2O5/c1-17-7-4-3-6-12-11(16)13-9(10(14)15)5-8-18-2/h9H,3-8H2,1-2H3,(H,14,15)(H2,12,13,16). The van der Waals surface area contributed by atoms with Gasteiger partial charge in [-0.25, -0.2) is 9.59 Å². The molecule has 1 unspecified atom stereocenters. The normalized spacial score (nSPS) is 11.9. The first-order valence-corrected chi connectivity index (χ1v) is 5.86. The highest BCUT2D eigenvalue weighted by Gasteiger charge is 2.18. The monoisotopic (exact) mass is 262 g/mol. The van der Waals surface area contributed by atoms with Gasteiger partial charge in [0.05, 0.1) is 0 Å². The summed E-state index contributed by atoms with van der Waals surface area (Å²) in [6.45, 7) is 1.42. The van der Waals surface area contributed by atoms with Crippen molar-refractivity contribution in [3.05, 3.63) is 0 Å². The molecule has 0 spiro atoms. The maximum atomic E-state index is 11.4. The number of ether oxygens (including phenoxy) is 2. The van der Waals surface area contributed by atoms with Gasteiger partial charge in [0.25, 0.3) is 0 Å². The maximum Gasteiger partial charge on any atom is 0.326 e. The Morgan fingerprint density at radius 2 is 1.83 bits per heavy atom. The van der Waals surface area contributed by atoms with Gasteiger partial charge in [0.15, 0.2) is 0 Å². The number of carbonyl (C=O) groups excluding carboxylic acids is 1. The third kappa shape index (κ3) is 8.77. The molecule has 0 saturated heterocycles. The molecule has 7 heteroatoms. The second kappa shape index (κ2) is 10.8. The average molecular weight is 262 g/mol. The van der Waals surface area contributed by atoms with Gasteiger partial charge in [-0.2, -0.15) is 0 Å². The van der Waals surface area contributed by atoms with Crippen LogP contribution in [-0.4, -0.2) is 57.1 Å². The molecule has 2 amide bonds. The minimum atomic E-state index is -1.07. The fraction of sp³-hybridized carbons (Fsp3) is 0.818. The number of methoxy groups -OCH3 is 2. The van der Waals surface area contributed by atoms with Gasteiger partial charge in [-0.05, 0) is 12.8 Å². The zero-order valence-corrected chi connectivity index (χ0v) is 10.9. The first kappa shape index (κ1) is 16.7. The third-order valence-corrected chi connectivity index (χ3v) is 2.27. The summed E-state index contributed by atoms with van der Waals surface area (Å²) < 4.78 is 9.65. The number of hydrogen-bond donors (Lipinski definition) is 3. The minimum Gasteiger partial charge on any atom is -0.480 e. The Balaban J connectivity index is 3.77. The SMILES string of the molecule is COCCCCNC(=O)NC(CCOC)C(=O)O. The minimum absolute atomic E-state index is 0.239. The molecule has 1 atom stereocenters. The quantitative estimate of drug-likeness (QED) is 0.489. The molecule has 0 aromatic heterocycles. The van der Waals surface area contributed by atoms with E-state index in [4.69, 9.17) is 14.6 Å². The average Bonchev–Trinajstić information content (AvgIpc) is 2.33. The molecule has 0 aliphatic rings. The molecule has 18 heavy (non-hydrogen) atoms. The van der Waals surface area contributed by atoms with Gasteiger partial charge in [0.2, 0.25) is 0 Å². The first-order valence-electron chi connectivity index (χ1n) is 5.86. The summed E-state index contributed by atoms with van der Waals surface area (Å²) in [4.78, 5) is 22.2. The zero-order chi connectivity index (χ0) is 13.8. The van der Waals surface area contributed by atoms with Crippen LogP contribution in [0.25, 0.3) is 0 Å². The van der Waals surface area contributed by atoms with Gasteiger partial charge in [-0.1, -0.05) is 0 Å². The first-order chi connectivity index (χ1) is 8.61. The van der Waals surface area contributed by atoms with Gasteiger partial charge >= 0.3 is 12.0 Å². The Labute approximate surface area is 107 Å². The molecule has 0 heterocycles. The van der Waals surface area contributed by atoms with Crippen molar-refractivity contribution >= 4 is 12.0 Å². The maximum absolute atomic E-state index is 11.4. The number of hydrogen-bond acceptors (Lipinski definition) is 4. The van der Waals surface area contributed by atoms with Crippen LogP contribution in [0.4, 0.5) is 4.79 Å². The van der Waals surface area contributed by atoms with Crippen LogP contribution in [0.2, 0.25) is 0 Å². The summed E-state index contributed by atoms with van der Waals surface area (Å²) in [5.41, 5.74) is 0. The number of nitrogens with one attached hydrogen (secondary N) is 2. The van der Waals surface area contributed by atoms with Crippen LogP contribution < -0.4 is 10.6 Å². The summed E-state index contributed by atoms with van der Waals surface area (Å²) in [5, 5.41) is 13.9. The number of aliphatic carboxylic acids is 1. The molecule has 0 bridgehead atoms. The van der Waals surface area contributed by atoms with E-state index in [1.165, 1.54) is 7.11 Å². The van der Waals surface area contributed by atoms with Crippen LogP contribution in [0, 0.1) is 0 Å². The Hall–Kier alpha value is -1.34. The van der Waals surface area contributed by atoms with E-state index < -0.39 is 18.0 Å². The number of urea groups is 1. The molecule has 3 N–H and O–H groups in total. The number of carboxylic acid groups (broad SMARTS) is 1. The molecular formula is C11H22N2O5. The number of amides is 2. The molecule has 0 aliphatic heterocycles. The highest BCUT2D eigenvalue weighted by Crippen LogP contribution is 1.93. The van der Waals surface area contributed by atoms with Gasteiger partial charge in [-0.15, -0.1) is 0 Å². The second-order valence-corrected chi connectivity index (χ2v) is 3.77. The van der Waals surface area contributed by atoms with Gasteiger partial charge in [0, 0.05) is 40.4 Å². The molecule has 0 saturated carbocycles. The molecule has 0 radical (unpaired) electrons. The van der Waals surface area contributed by atoms with E-state index in [-0.39, 0.29) is 13.0 Å². The largest absolute Gasteiger partial charge is 0.480 e. The van der Waals surface area contributed by atoms with E-state index in [1.807, 2.05) is 0 Å². The van der Waals surface area contributed by atoms with Gasteiger partial charge in [0.1, 0.15) is 6.04 Å². The molecule has 0 rings (SSSR count). The topological polar surface area (TPSA) is 96.9 Å². The molecule has 0 aliphatic carbocycles. The van der Waals surface area contributed by atoms with Crippen LogP contribution in [0.1, 0.15) is 19.3 Å². The van der Waals surface area contributed by atoms with Crippen molar-refractivity contribution in [2.75, 3.05) is 34.0 Å². The smallest absolute Gasteiger partial charge is 0.326 e. The molecular weight excluding hydrogens is 240 g/mol. The van der Waals surface area contributed by atoms with E-state index in [0.29, 0.717) is 13.2 Å². The van der Waals surface area contributed by atoms with Crippen molar-refractivity contribution in [2.24, 2.45) is 0 Å². The Kier molecular flexibility index (Phi) is 9.99. The third-order valence-electron chi connectivity index (χ3n) is 2.27. The highest BCUT2D eigenvalue weighted by atomic mass is 16.5. The van der Waals surface area contributed by atoms with E-state index >= 15 is 0 Å². The van der Waals surface area contributed by atoms with Crippen LogP contribution in [0.15, 0.2) is 0 Å². The summed E-state index contributed by atoms with van der Waals surface area (Å²) in [5.74, 6) is -1.07. The number of carbonyl (C=O) groups is 2. The summed E-state index contributed by atoms with van der Waals surface area (Å²) in [6, 6.07) is -1.40. The summed E-state index contributed by atoms with van der Waals surface area (Å²) in [7, 11) is 3.10. The predicted molar refractivity (Wildman–Crippen MR) is 65.6 cm³/mol. The van der Waals surface area contributed by atoms with Crippen molar-refractivity contribution in [1.29, 1.82) is 0 Å². The summed E-state index contributed by atoms with van der Waals surface area (Å²) >= 11 is 0. The van der Waals surface area contributed by atoms with Gasteiger partial charge in [-0.3, -0.25) is 0 Å². The van der Waals surface area contributed by atoms with Crippen molar-refractivity contribution in [2.45, 2.75) is 25.3 Å². The van der Waals surface area contributed by atoms with E-state index in [1.54, 1.807) is 7.11 Å². The predicted octanol–water partition coefficient (Wildman–Crippen LogP) is 0.202. The molecule has 106 valence electrons. The Morgan fingerprint density at radius 1 is 1.17 bits per heavy atom. The van der Waals surface area contributed by atoms with E-state index in [2.05, 4.69) is 10.6 Å². The molecule has 0 aromatic rings. The Bertz CT molecular complexity index is 248. The van der Waals surface area contributed by atoms with Crippen molar-refractivity contribution in [3.63, 3.8) is 0 Å². The van der Waals surface area contributed by atoms with Crippen molar-refractivity contribution in [1.82, 2.24) is 10.6 Å². The van der Waals surface area contributed by atoms with Crippen LogP contribution in [-0.2, 0) is 14.3 Å². The second-order valence-electron chi connectivity index (χ2n) is 3.77. The van der Waals surface area contributed by atoms with E-state index in [9.17, 15) is 9.59 Å². The molecule has 0 aromatic carbocycles. The van der Waals surface area contributed by atoms with Crippen LogP contribution in [0.3, 0.4) is 0 Å². The molecule has 7 nitrogen and oxygen atoms in total. The lowest BCUT2D eigenvalue weighted by molar-refractivity contribution is -0.139. The zero-order valence-electron chi connectivity index (χ0n) is 10.9. The van der Waals surface area contributed by atoms with Gasteiger partial charge < -0.3 is 25.2 Å². The number of unbranched alkanes of at least 4 members (excludes halogenated alkanes) is 1. The fourth-order valence-electron chi connectivity index (χ4n) is 1.28. The molecule has 0 fully saturated rings. The van der Waals surface area contributed by atoms with Crippen LogP contribution >= 0.6 is 0 Å².